The lowest BCUT2D eigenvalue weighted by molar-refractivity contribution is -0.135. The third kappa shape index (κ3) is 3.24. The number of benzene rings is 1. The molecule has 1 aliphatic heterocycles. The minimum atomic E-state index is -0.782. The average Bonchev–Trinajstić information content (AvgIpc) is 3.15. The number of hydrogen-bond donors (Lipinski definition) is 3. The summed E-state index contributed by atoms with van der Waals surface area (Å²) in [6.45, 7) is 5.64. The number of carbonyl (C=O) groups excluding carboxylic acids is 2. The average molecular weight is 361 g/mol. The molecule has 3 unspecified atom stereocenters. The topological polar surface area (TPSA) is 99.4 Å². The summed E-state index contributed by atoms with van der Waals surface area (Å²) in [5, 5.41) is 10.6. The minimum Gasteiger partial charge on any atom is -0.391 e. The lowest BCUT2D eigenvalue weighted by Crippen LogP contribution is -2.53. The van der Waals surface area contributed by atoms with E-state index in [2.05, 4.69) is 4.98 Å². The molecule has 0 bridgehead atoms. The van der Waals surface area contributed by atoms with E-state index in [0.29, 0.717) is 16.5 Å². The number of aliphatic hydroxyl groups excluding tert-OH is 1. The van der Waals surface area contributed by atoms with Crippen LogP contribution in [0.3, 0.4) is 0 Å². The Balaban J connectivity index is 1.92. The van der Waals surface area contributed by atoms with E-state index in [-0.39, 0.29) is 24.7 Å². The van der Waals surface area contributed by atoms with Crippen molar-refractivity contribution in [2.24, 2.45) is 11.1 Å². The monoisotopic (exact) mass is 361 g/mol. The van der Waals surface area contributed by atoms with Crippen molar-refractivity contribution in [2.45, 2.75) is 45.4 Å². The summed E-state index contributed by atoms with van der Waals surface area (Å²) in [6, 6.07) is 2.57. The van der Waals surface area contributed by atoms with E-state index >= 15 is 0 Å². The van der Waals surface area contributed by atoms with Crippen LogP contribution in [0.5, 0.6) is 0 Å². The van der Waals surface area contributed by atoms with Gasteiger partial charge in [0.1, 0.15) is 5.82 Å². The van der Waals surface area contributed by atoms with E-state index in [1.807, 2.05) is 20.8 Å². The first-order valence-corrected chi connectivity index (χ1v) is 8.64. The predicted octanol–water partition coefficient (Wildman–Crippen LogP) is 1.82. The van der Waals surface area contributed by atoms with Crippen molar-refractivity contribution in [3.63, 3.8) is 0 Å². The smallest absolute Gasteiger partial charge is 0.240 e. The maximum Gasteiger partial charge on any atom is 0.240 e. The molecule has 1 aromatic heterocycles. The second-order valence-corrected chi connectivity index (χ2v) is 8.00. The predicted molar refractivity (Wildman–Crippen MR) is 96.1 cm³/mol. The molecule has 1 saturated heterocycles. The van der Waals surface area contributed by atoms with Crippen LogP contribution in [0.25, 0.3) is 10.9 Å². The number of amides is 1. The first kappa shape index (κ1) is 18.5. The van der Waals surface area contributed by atoms with Crippen LogP contribution in [-0.2, 0) is 4.79 Å². The number of aliphatic hydroxyl groups is 1. The Hall–Kier alpha value is -2.25. The summed E-state index contributed by atoms with van der Waals surface area (Å²) >= 11 is 0. The molecule has 1 aliphatic rings. The van der Waals surface area contributed by atoms with Gasteiger partial charge >= 0.3 is 0 Å². The van der Waals surface area contributed by atoms with Crippen LogP contribution < -0.4 is 5.73 Å². The summed E-state index contributed by atoms with van der Waals surface area (Å²) in [5.74, 6) is -1.03. The van der Waals surface area contributed by atoms with Crippen LogP contribution >= 0.6 is 0 Å². The summed E-state index contributed by atoms with van der Waals surface area (Å²) in [4.78, 5) is 30.2. The third-order valence-electron chi connectivity index (χ3n) is 4.97. The van der Waals surface area contributed by atoms with E-state index in [1.165, 1.54) is 29.3 Å². The van der Waals surface area contributed by atoms with Gasteiger partial charge in [-0.25, -0.2) is 4.39 Å². The molecule has 1 aromatic carbocycles. The molecule has 26 heavy (non-hydrogen) atoms. The Morgan fingerprint density at radius 1 is 1.38 bits per heavy atom. The second kappa shape index (κ2) is 6.48. The standard InChI is InChI=1S/C19H24FN3O3/c1-19(2,3)17(21)18(26)23-9-11(24)7-15(23)16(25)13-8-22-14-6-10(20)4-5-12(13)14/h4-6,8,11,15,17,22,24H,7,9,21H2,1-3H3. The number of nitrogens with two attached hydrogens (primary N) is 1. The van der Waals surface area contributed by atoms with Gasteiger partial charge in [-0.05, 0) is 23.6 Å². The number of fused-ring (bicyclic) bond motifs is 1. The normalized spacial score (nSPS) is 22.0. The van der Waals surface area contributed by atoms with Gasteiger partial charge in [-0.15, -0.1) is 0 Å². The van der Waals surface area contributed by atoms with Crippen molar-refractivity contribution in [2.75, 3.05) is 6.54 Å². The van der Waals surface area contributed by atoms with Gasteiger partial charge in [0.25, 0.3) is 0 Å². The highest BCUT2D eigenvalue weighted by Crippen LogP contribution is 2.29. The molecule has 0 spiro atoms. The van der Waals surface area contributed by atoms with Crippen molar-refractivity contribution in [3.05, 3.63) is 35.8 Å². The Kier molecular flexibility index (Phi) is 4.62. The number of H-pyrrole nitrogens is 1. The highest BCUT2D eigenvalue weighted by Gasteiger charge is 2.43. The minimum absolute atomic E-state index is 0.0794. The number of carbonyl (C=O) groups is 2. The Labute approximate surface area is 151 Å². The van der Waals surface area contributed by atoms with Gasteiger partial charge in [0, 0.05) is 35.6 Å². The van der Waals surface area contributed by atoms with Crippen LogP contribution in [0.1, 0.15) is 37.6 Å². The van der Waals surface area contributed by atoms with Crippen LogP contribution in [0.2, 0.25) is 0 Å². The Bertz CT molecular complexity index is 855. The first-order valence-electron chi connectivity index (χ1n) is 8.64. The fourth-order valence-corrected chi connectivity index (χ4v) is 3.34. The number of β-amino-alcohol motifs (C(OH)–C–C–N with tert-alkyl or cyclic N) is 1. The fourth-order valence-electron chi connectivity index (χ4n) is 3.34. The highest BCUT2D eigenvalue weighted by atomic mass is 19.1. The number of rotatable bonds is 3. The number of aromatic amines is 1. The zero-order valence-electron chi connectivity index (χ0n) is 15.1. The van der Waals surface area contributed by atoms with E-state index in [9.17, 15) is 19.1 Å². The van der Waals surface area contributed by atoms with Crippen LogP contribution in [0, 0.1) is 11.2 Å². The summed E-state index contributed by atoms with van der Waals surface area (Å²) in [6.07, 6.45) is 0.904. The SMILES string of the molecule is CC(C)(C)C(N)C(=O)N1CC(O)CC1C(=O)c1c[nH]c2cc(F)ccc12. The highest BCUT2D eigenvalue weighted by molar-refractivity contribution is 6.11. The van der Waals surface area contributed by atoms with Crippen molar-refractivity contribution in [3.8, 4) is 0 Å². The van der Waals surface area contributed by atoms with E-state index in [4.69, 9.17) is 5.73 Å². The molecule has 0 aliphatic carbocycles. The van der Waals surface area contributed by atoms with E-state index in [0.717, 1.165) is 0 Å². The number of halogens is 1. The fraction of sp³-hybridized carbons (Fsp3) is 0.474. The number of ketones is 1. The van der Waals surface area contributed by atoms with Gasteiger partial charge < -0.3 is 20.7 Å². The number of Topliss-reactive ketones (excluding diaryl/α,β-unsaturated/α-hetero) is 1. The zero-order valence-corrected chi connectivity index (χ0v) is 15.1. The summed E-state index contributed by atoms with van der Waals surface area (Å²) in [5.41, 5.74) is 6.50. The lowest BCUT2D eigenvalue weighted by atomic mass is 9.86. The molecule has 2 aromatic rings. The van der Waals surface area contributed by atoms with Gasteiger partial charge in [-0.2, -0.15) is 0 Å². The van der Waals surface area contributed by atoms with Gasteiger partial charge in [0.05, 0.1) is 18.2 Å². The van der Waals surface area contributed by atoms with Crippen LogP contribution in [-0.4, -0.2) is 51.4 Å². The second-order valence-electron chi connectivity index (χ2n) is 8.00. The molecular formula is C19H24FN3O3. The maximum absolute atomic E-state index is 13.4. The number of nitrogens with zero attached hydrogens (tertiary/aromatic N) is 1. The number of aromatic nitrogens is 1. The van der Waals surface area contributed by atoms with Crippen molar-refractivity contribution < 1.29 is 19.1 Å². The van der Waals surface area contributed by atoms with Gasteiger partial charge in [-0.3, -0.25) is 9.59 Å². The molecule has 3 atom stereocenters. The van der Waals surface area contributed by atoms with Gasteiger partial charge in [-0.1, -0.05) is 20.8 Å². The number of likely N-dealkylation sites (tertiary alicyclic amines) is 1. The molecule has 140 valence electrons. The van der Waals surface area contributed by atoms with Crippen LogP contribution in [0.4, 0.5) is 4.39 Å². The summed E-state index contributed by atoms with van der Waals surface area (Å²) in [7, 11) is 0. The van der Waals surface area contributed by atoms with E-state index in [1.54, 1.807) is 0 Å². The Morgan fingerprint density at radius 2 is 2.08 bits per heavy atom. The van der Waals surface area contributed by atoms with Crippen LogP contribution in [0.15, 0.2) is 24.4 Å². The lowest BCUT2D eigenvalue weighted by Gasteiger charge is -2.32. The first-order chi connectivity index (χ1) is 12.1. The summed E-state index contributed by atoms with van der Waals surface area (Å²) < 4.78 is 13.4. The molecule has 4 N–H and O–H groups in total. The molecular weight excluding hydrogens is 337 g/mol. The van der Waals surface area contributed by atoms with Gasteiger partial charge in [0.2, 0.25) is 5.91 Å². The molecule has 2 heterocycles. The Morgan fingerprint density at radius 3 is 2.73 bits per heavy atom. The van der Waals surface area contributed by atoms with Gasteiger partial charge in [0.15, 0.2) is 5.78 Å². The van der Waals surface area contributed by atoms with E-state index < -0.39 is 29.4 Å². The molecule has 1 fully saturated rings. The maximum atomic E-state index is 13.4. The number of hydrogen-bond acceptors (Lipinski definition) is 4. The zero-order chi connectivity index (χ0) is 19.2. The molecule has 0 saturated carbocycles. The largest absolute Gasteiger partial charge is 0.391 e. The van der Waals surface area contributed by atoms with Crippen molar-refractivity contribution in [1.82, 2.24) is 9.88 Å². The molecule has 7 heteroatoms. The third-order valence-corrected chi connectivity index (χ3v) is 4.97. The molecule has 3 rings (SSSR count). The molecule has 6 nitrogen and oxygen atoms in total. The van der Waals surface area contributed by atoms with Crippen molar-refractivity contribution >= 4 is 22.6 Å². The van der Waals surface area contributed by atoms with Crippen molar-refractivity contribution in [1.29, 1.82) is 0 Å². The number of nitrogens with one attached hydrogen (secondary N) is 1. The molecule has 1 amide bonds. The quantitative estimate of drug-likeness (QED) is 0.726. The molecule has 0 radical (unpaired) electrons.